The fourth-order valence-corrected chi connectivity index (χ4v) is 2.86. The maximum atomic E-state index is 6.11. The minimum Gasteiger partial charge on any atom is -0.493 e. The maximum absolute atomic E-state index is 6.11. The van der Waals surface area contributed by atoms with Gasteiger partial charge in [-0.15, -0.1) is 0 Å². The number of rotatable bonds is 11. The number of benzene rings is 2. The van der Waals surface area contributed by atoms with Crippen molar-refractivity contribution in [2.24, 2.45) is 0 Å². The Hall–Kier alpha value is -1.54. The highest BCUT2D eigenvalue weighted by atomic mass is 16.5. The van der Waals surface area contributed by atoms with Gasteiger partial charge in [-0.25, -0.2) is 0 Å². The molecule has 2 aromatic rings. The maximum Gasteiger partial charge on any atom is 0.124 e. The van der Waals surface area contributed by atoms with Crippen molar-refractivity contribution in [2.75, 3.05) is 13.2 Å². The second-order valence-electron chi connectivity index (χ2n) is 6.20. The Morgan fingerprint density at radius 1 is 0.870 bits per heavy atom. The molecule has 2 aromatic carbocycles. The highest BCUT2D eigenvalue weighted by molar-refractivity contribution is 5.87. The Balaban J connectivity index is 2.07. The summed E-state index contributed by atoms with van der Waals surface area (Å²) in [4.78, 5) is 0. The number of hydrogen-bond acceptors (Lipinski definition) is 2. The van der Waals surface area contributed by atoms with Crippen molar-refractivity contribution in [3.8, 4) is 5.75 Å². The molecule has 2 heteroatoms. The van der Waals surface area contributed by atoms with Gasteiger partial charge in [-0.3, -0.25) is 0 Å². The Morgan fingerprint density at radius 3 is 2.52 bits per heavy atom. The first-order valence-electron chi connectivity index (χ1n) is 9.21. The second-order valence-corrected chi connectivity index (χ2v) is 6.20. The molecule has 0 amide bonds. The Morgan fingerprint density at radius 2 is 1.70 bits per heavy atom. The van der Waals surface area contributed by atoms with Gasteiger partial charge in [0, 0.05) is 12.1 Å². The van der Waals surface area contributed by atoms with E-state index in [0.29, 0.717) is 0 Å². The van der Waals surface area contributed by atoms with Crippen molar-refractivity contribution in [3.05, 3.63) is 42.0 Å². The fourth-order valence-electron chi connectivity index (χ4n) is 2.86. The third-order valence-electron chi connectivity index (χ3n) is 4.26. The smallest absolute Gasteiger partial charge is 0.124 e. The molecule has 0 atom stereocenters. The van der Waals surface area contributed by atoms with Crippen LogP contribution in [0, 0.1) is 0 Å². The topological polar surface area (TPSA) is 21.3 Å². The summed E-state index contributed by atoms with van der Waals surface area (Å²) in [5.41, 5.74) is 1.30. The van der Waals surface area contributed by atoms with Crippen LogP contribution in [0.1, 0.15) is 57.9 Å². The molecule has 1 N–H and O–H groups in total. The van der Waals surface area contributed by atoms with Crippen molar-refractivity contribution < 1.29 is 4.74 Å². The van der Waals surface area contributed by atoms with E-state index in [4.69, 9.17) is 4.74 Å². The summed E-state index contributed by atoms with van der Waals surface area (Å²) in [5, 5.41) is 6.16. The molecule has 0 saturated heterocycles. The van der Waals surface area contributed by atoms with Gasteiger partial charge < -0.3 is 10.1 Å². The van der Waals surface area contributed by atoms with Crippen LogP contribution in [0.25, 0.3) is 10.8 Å². The summed E-state index contributed by atoms with van der Waals surface area (Å²) in [6.45, 7) is 7.23. The van der Waals surface area contributed by atoms with E-state index in [1.807, 2.05) is 0 Å². The summed E-state index contributed by atoms with van der Waals surface area (Å²) >= 11 is 0. The first-order chi connectivity index (χ1) is 11.4. The van der Waals surface area contributed by atoms with Gasteiger partial charge in [-0.1, -0.05) is 69.9 Å². The number of fused-ring (bicyclic) bond motifs is 1. The highest BCUT2D eigenvalue weighted by Gasteiger charge is 2.08. The average molecular weight is 313 g/mol. The average Bonchev–Trinajstić information content (AvgIpc) is 2.59. The van der Waals surface area contributed by atoms with Crippen LogP contribution in [-0.4, -0.2) is 13.2 Å². The van der Waals surface area contributed by atoms with Crippen molar-refractivity contribution in [1.82, 2.24) is 5.32 Å². The van der Waals surface area contributed by atoms with E-state index in [2.05, 4.69) is 55.6 Å². The SMILES string of the molecule is CCCCCCOc1ccc2ccccc2c1CNCCCC. The van der Waals surface area contributed by atoms with E-state index in [9.17, 15) is 0 Å². The fraction of sp³-hybridized carbons (Fsp3) is 0.524. The molecule has 2 rings (SSSR count). The van der Waals surface area contributed by atoms with Crippen LogP contribution in [0.15, 0.2) is 36.4 Å². The predicted molar refractivity (Wildman–Crippen MR) is 100 cm³/mol. The third-order valence-corrected chi connectivity index (χ3v) is 4.26. The Bertz CT molecular complexity index is 579. The normalized spacial score (nSPS) is 11.0. The monoisotopic (exact) mass is 313 g/mol. The van der Waals surface area contributed by atoms with E-state index < -0.39 is 0 Å². The molecule has 0 bridgehead atoms. The molecular formula is C21H31NO. The van der Waals surface area contributed by atoms with Gasteiger partial charge in [0.15, 0.2) is 0 Å². The van der Waals surface area contributed by atoms with E-state index in [1.165, 1.54) is 48.4 Å². The minimum atomic E-state index is 0.820. The van der Waals surface area contributed by atoms with Crippen molar-refractivity contribution in [1.29, 1.82) is 0 Å². The molecule has 0 heterocycles. The quantitative estimate of drug-likeness (QED) is 0.538. The number of nitrogens with one attached hydrogen (secondary N) is 1. The van der Waals surface area contributed by atoms with Crippen molar-refractivity contribution in [2.45, 2.75) is 58.9 Å². The van der Waals surface area contributed by atoms with Gasteiger partial charge in [0.05, 0.1) is 6.61 Å². The van der Waals surface area contributed by atoms with Crippen LogP contribution in [-0.2, 0) is 6.54 Å². The molecule has 2 nitrogen and oxygen atoms in total. The first-order valence-corrected chi connectivity index (χ1v) is 9.21. The zero-order valence-electron chi connectivity index (χ0n) is 14.7. The second kappa shape index (κ2) is 10.3. The van der Waals surface area contributed by atoms with Gasteiger partial charge in [0.1, 0.15) is 5.75 Å². The zero-order valence-corrected chi connectivity index (χ0v) is 14.7. The first kappa shape index (κ1) is 17.8. The zero-order chi connectivity index (χ0) is 16.3. The van der Waals surface area contributed by atoms with Gasteiger partial charge in [-0.2, -0.15) is 0 Å². The lowest BCUT2D eigenvalue weighted by atomic mass is 10.0. The molecule has 0 fully saturated rings. The van der Waals surface area contributed by atoms with Crippen molar-refractivity contribution in [3.63, 3.8) is 0 Å². The van der Waals surface area contributed by atoms with Gasteiger partial charge in [-0.05, 0) is 36.2 Å². The van der Waals surface area contributed by atoms with Crippen LogP contribution in [0.3, 0.4) is 0 Å². The molecule has 0 unspecified atom stereocenters. The molecular weight excluding hydrogens is 282 g/mol. The molecule has 0 radical (unpaired) electrons. The lowest BCUT2D eigenvalue weighted by Gasteiger charge is -2.15. The van der Waals surface area contributed by atoms with Crippen LogP contribution in [0.2, 0.25) is 0 Å². The van der Waals surface area contributed by atoms with Crippen molar-refractivity contribution >= 4 is 10.8 Å². The number of hydrogen-bond donors (Lipinski definition) is 1. The molecule has 126 valence electrons. The number of unbranched alkanes of at least 4 members (excludes halogenated alkanes) is 4. The standard InChI is InChI=1S/C21H31NO/c1-3-5-7-10-16-23-21-14-13-18-11-8-9-12-19(18)20(21)17-22-15-6-4-2/h8-9,11-14,22H,3-7,10,15-17H2,1-2H3. The van der Waals surface area contributed by atoms with Gasteiger partial charge in [0.25, 0.3) is 0 Å². The third kappa shape index (κ3) is 5.54. The molecule has 0 spiro atoms. The Kier molecular flexibility index (Phi) is 7.96. The molecule has 0 aromatic heterocycles. The number of ether oxygens (including phenoxy) is 1. The molecule has 0 aliphatic rings. The Labute approximate surface area is 141 Å². The van der Waals surface area contributed by atoms with Gasteiger partial charge in [0.2, 0.25) is 0 Å². The molecule has 0 aliphatic heterocycles. The lowest BCUT2D eigenvalue weighted by Crippen LogP contribution is -2.15. The largest absolute Gasteiger partial charge is 0.493 e. The van der Waals surface area contributed by atoms with E-state index >= 15 is 0 Å². The summed E-state index contributed by atoms with van der Waals surface area (Å²) < 4.78 is 6.11. The van der Waals surface area contributed by atoms with Crippen LogP contribution in [0.5, 0.6) is 5.75 Å². The summed E-state index contributed by atoms with van der Waals surface area (Å²) in [7, 11) is 0. The predicted octanol–water partition coefficient (Wildman–Crippen LogP) is 5.69. The van der Waals surface area contributed by atoms with E-state index in [-0.39, 0.29) is 0 Å². The summed E-state index contributed by atoms with van der Waals surface area (Å²) in [6, 6.07) is 12.9. The highest BCUT2D eigenvalue weighted by Crippen LogP contribution is 2.28. The van der Waals surface area contributed by atoms with Crippen LogP contribution < -0.4 is 10.1 Å². The lowest BCUT2D eigenvalue weighted by molar-refractivity contribution is 0.302. The van der Waals surface area contributed by atoms with E-state index in [1.54, 1.807) is 0 Å². The molecule has 0 aliphatic carbocycles. The van der Waals surface area contributed by atoms with E-state index in [0.717, 1.165) is 31.9 Å². The molecule has 23 heavy (non-hydrogen) atoms. The summed E-state index contributed by atoms with van der Waals surface area (Å²) in [6.07, 6.45) is 7.41. The van der Waals surface area contributed by atoms with Gasteiger partial charge >= 0.3 is 0 Å². The summed E-state index contributed by atoms with van der Waals surface area (Å²) in [5.74, 6) is 1.05. The molecule has 0 saturated carbocycles. The van der Waals surface area contributed by atoms with Crippen LogP contribution >= 0.6 is 0 Å². The minimum absolute atomic E-state index is 0.820. The van der Waals surface area contributed by atoms with Crippen LogP contribution in [0.4, 0.5) is 0 Å².